The van der Waals surface area contributed by atoms with Crippen molar-refractivity contribution >= 4 is 11.9 Å². The maximum atomic E-state index is 13.3. The van der Waals surface area contributed by atoms with Gasteiger partial charge in [0, 0.05) is 6.54 Å². The second-order valence-electron chi connectivity index (χ2n) is 8.46. The third-order valence-electron chi connectivity index (χ3n) is 5.83. The van der Waals surface area contributed by atoms with Crippen molar-refractivity contribution in [1.82, 2.24) is 4.90 Å². The topological polar surface area (TPSA) is 76.1 Å². The van der Waals surface area contributed by atoms with Gasteiger partial charge in [0.1, 0.15) is 17.1 Å². The molecular weight excluding hydrogens is 430 g/mol. The van der Waals surface area contributed by atoms with Crippen LogP contribution in [0.4, 0.5) is 0 Å². The van der Waals surface area contributed by atoms with E-state index < -0.39 is 5.97 Å². The maximum Gasteiger partial charge on any atom is 0.339 e. The Morgan fingerprint density at radius 3 is 2.18 bits per heavy atom. The zero-order valence-corrected chi connectivity index (χ0v) is 20.0. The molecule has 0 heterocycles. The van der Waals surface area contributed by atoms with Gasteiger partial charge in [-0.25, -0.2) is 4.79 Å². The summed E-state index contributed by atoms with van der Waals surface area (Å²) in [5, 5.41) is 9.64. The molecule has 0 unspecified atom stereocenters. The van der Waals surface area contributed by atoms with E-state index in [1.54, 1.807) is 24.1 Å². The van der Waals surface area contributed by atoms with Crippen LogP contribution in [0.5, 0.6) is 11.5 Å². The molecule has 3 aromatic rings. The monoisotopic (exact) mass is 461 g/mol. The number of carboxylic acids is 1. The molecule has 1 amide bonds. The van der Waals surface area contributed by atoms with Gasteiger partial charge < -0.3 is 19.5 Å². The van der Waals surface area contributed by atoms with Gasteiger partial charge in [-0.05, 0) is 53.8 Å². The van der Waals surface area contributed by atoms with Crippen molar-refractivity contribution in [3.8, 4) is 11.5 Å². The SMILES string of the molecule is COc1ccc(CN(C(=O)COc2ccc(C(C)C)cc2C(=O)O)[C@@H](C)c2ccccc2)cc1. The van der Waals surface area contributed by atoms with E-state index in [1.165, 1.54) is 0 Å². The molecule has 1 atom stereocenters. The minimum atomic E-state index is -1.09. The van der Waals surface area contributed by atoms with Gasteiger partial charge in [-0.2, -0.15) is 0 Å². The van der Waals surface area contributed by atoms with Gasteiger partial charge >= 0.3 is 5.97 Å². The number of carbonyl (C=O) groups excluding carboxylic acids is 1. The van der Waals surface area contributed by atoms with Crippen LogP contribution in [-0.2, 0) is 11.3 Å². The van der Waals surface area contributed by atoms with Gasteiger partial charge in [0.2, 0.25) is 0 Å². The lowest BCUT2D eigenvalue weighted by atomic mass is 10.0. The molecule has 6 nitrogen and oxygen atoms in total. The average molecular weight is 462 g/mol. The molecule has 178 valence electrons. The summed E-state index contributed by atoms with van der Waals surface area (Å²) in [5.41, 5.74) is 2.90. The number of amides is 1. The Balaban J connectivity index is 1.83. The summed E-state index contributed by atoms with van der Waals surface area (Å²) in [6, 6.07) is 22.2. The van der Waals surface area contributed by atoms with Crippen molar-refractivity contribution in [1.29, 1.82) is 0 Å². The Kier molecular flexibility index (Phi) is 8.30. The van der Waals surface area contributed by atoms with Gasteiger partial charge in [0.15, 0.2) is 6.61 Å². The van der Waals surface area contributed by atoms with Crippen molar-refractivity contribution in [2.75, 3.05) is 13.7 Å². The summed E-state index contributed by atoms with van der Waals surface area (Å²) < 4.78 is 11.0. The minimum Gasteiger partial charge on any atom is -0.497 e. The third kappa shape index (κ3) is 6.16. The number of benzene rings is 3. The molecule has 0 spiro atoms. The normalized spacial score (nSPS) is 11.7. The summed E-state index contributed by atoms with van der Waals surface area (Å²) in [5.74, 6) is -0.219. The van der Waals surface area contributed by atoms with Gasteiger partial charge in [-0.1, -0.05) is 62.4 Å². The highest BCUT2D eigenvalue weighted by Gasteiger charge is 2.23. The Bertz CT molecular complexity index is 1110. The maximum absolute atomic E-state index is 13.3. The fourth-order valence-corrected chi connectivity index (χ4v) is 3.70. The quantitative estimate of drug-likeness (QED) is 0.420. The van der Waals surface area contributed by atoms with Crippen LogP contribution in [0.2, 0.25) is 0 Å². The van der Waals surface area contributed by atoms with Crippen molar-refractivity contribution in [3.05, 3.63) is 95.1 Å². The van der Waals surface area contributed by atoms with E-state index in [0.29, 0.717) is 6.54 Å². The molecule has 0 bridgehead atoms. The predicted molar refractivity (Wildman–Crippen MR) is 131 cm³/mol. The molecule has 3 aromatic carbocycles. The average Bonchev–Trinajstić information content (AvgIpc) is 2.86. The Morgan fingerprint density at radius 2 is 1.59 bits per heavy atom. The molecule has 0 saturated heterocycles. The Labute approximate surface area is 200 Å². The minimum absolute atomic E-state index is 0.0526. The molecule has 0 aliphatic heterocycles. The predicted octanol–water partition coefficient (Wildman–Crippen LogP) is 5.69. The first kappa shape index (κ1) is 24.8. The first-order chi connectivity index (χ1) is 16.3. The van der Waals surface area contributed by atoms with Crippen LogP contribution >= 0.6 is 0 Å². The number of carboxylic acid groups (broad SMARTS) is 1. The number of aromatic carboxylic acids is 1. The first-order valence-corrected chi connectivity index (χ1v) is 11.3. The zero-order valence-electron chi connectivity index (χ0n) is 20.0. The highest BCUT2D eigenvalue weighted by molar-refractivity contribution is 5.91. The largest absolute Gasteiger partial charge is 0.497 e. The van der Waals surface area contributed by atoms with Gasteiger partial charge in [0.25, 0.3) is 5.91 Å². The van der Waals surface area contributed by atoms with Crippen LogP contribution in [0.3, 0.4) is 0 Å². The molecule has 0 radical (unpaired) electrons. The van der Waals surface area contributed by atoms with E-state index >= 15 is 0 Å². The molecule has 0 fully saturated rings. The van der Waals surface area contributed by atoms with Crippen LogP contribution in [0, 0.1) is 0 Å². The summed E-state index contributed by atoms with van der Waals surface area (Å²) in [6.45, 7) is 6.06. The summed E-state index contributed by atoms with van der Waals surface area (Å²) in [7, 11) is 1.61. The van der Waals surface area contributed by atoms with Crippen molar-refractivity contribution in [2.45, 2.75) is 39.3 Å². The first-order valence-electron chi connectivity index (χ1n) is 11.3. The fourth-order valence-electron chi connectivity index (χ4n) is 3.70. The zero-order chi connectivity index (χ0) is 24.7. The van der Waals surface area contributed by atoms with Gasteiger partial charge in [-0.3, -0.25) is 4.79 Å². The molecule has 34 heavy (non-hydrogen) atoms. The second kappa shape index (κ2) is 11.4. The van der Waals surface area contributed by atoms with Gasteiger partial charge in [-0.15, -0.1) is 0 Å². The summed E-state index contributed by atoms with van der Waals surface area (Å²) >= 11 is 0. The van der Waals surface area contributed by atoms with E-state index in [2.05, 4.69) is 0 Å². The molecule has 6 heteroatoms. The molecule has 0 aliphatic carbocycles. The molecule has 0 aromatic heterocycles. The van der Waals surface area contributed by atoms with E-state index in [9.17, 15) is 14.7 Å². The number of ether oxygens (including phenoxy) is 2. The van der Waals surface area contributed by atoms with Crippen LogP contribution < -0.4 is 9.47 Å². The fraction of sp³-hybridized carbons (Fsp3) is 0.286. The van der Waals surface area contributed by atoms with Crippen molar-refractivity contribution < 1.29 is 24.2 Å². The molecule has 3 rings (SSSR count). The number of methoxy groups -OCH3 is 1. The third-order valence-corrected chi connectivity index (χ3v) is 5.83. The van der Waals surface area contributed by atoms with Crippen LogP contribution in [-0.4, -0.2) is 35.6 Å². The van der Waals surface area contributed by atoms with E-state index in [4.69, 9.17) is 9.47 Å². The second-order valence-corrected chi connectivity index (χ2v) is 8.46. The van der Waals surface area contributed by atoms with E-state index in [0.717, 1.165) is 22.4 Å². The highest BCUT2D eigenvalue weighted by atomic mass is 16.5. The lowest BCUT2D eigenvalue weighted by Gasteiger charge is -2.30. The lowest BCUT2D eigenvalue weighted by Crippen LogP contribution is -2.36. The Hall–Kier alpha value is -3.80. The standard InChI is InChI=1S/C28H31NO5/c1-19(2)23-12-15-26(25(16-23)28(31)32)34-18-27(30)29(20(3)22-8-6-5-7-9-22)17-21-10-13-24(33-4)14-11-21/h5-16,19-20H,17-18H2,1-4H3,(H,31,32)/t20-/m0/s1. The summed E-state index contributed by atoms with van der Waals surface area (Å²) in [6.07, 6.45) is 0. The van der Waals surface area contributed by atoms with E-state index in [1.807, 2.05) is 81.4 Å². The summed E-state index contributed by atoms with van der Waals surface area (Å²) in [4.78, 5) is 26.9. The smallest absolute Gasteiger partial charge is 0.339 e. The van der Waals surface area contributed by atoms with Crippen molar-refractivity contribution in [3.63, 3.8) is 0 Å². The number of carbonyl (C=O) groups is 2. The number of nitrogens with zero attached hydrogens (tertiary/aromatic N) is 1. The highest BCUT2D eigenvalue weighted by Crippen LogP contribution is 2.26. The number of hydrogen-bond acceptors (Lipinski definition) is 4. The number of rotatable bonds is 10. The molecule has 0 aliphatic rings. The lowest BCUT2D eigenvalue weighted by molar-refractivity contribution is -0.136. The molecule has 1 N–H and O–H groups in total. The molecular formula is C28H31NO5. The Morgan fingerprint density at radius 1 is 0.912 bits per heavy atom. The van der Waals surface area contributed by atoms with Gasteiger partial charge in [0.05, 0.1) is 13.2 Å². The van der Waals surface area contributed by atoms with E-state index in [-0.39, 0.29) is 35.8 Å². The van der Waals surface area contributed by atoms with Crippen LogP contribution in [0.15, 0.2) is 72.8 Å². The van der Waals surface area contributed by atoms with Crippen molar-refractivity contribution in [2.24, 2.45) is 0 Å². The van der Waals surface area contributed by atoms with Crippen LogP contribution in [0.1, 0.15) is 59.8 Å². The van der Waals surface area contributed by atoms with Crippen LogP contribution in [0.25, 0.3) is 0 Å². The molecule has 0 saturated carbocycles. The number of hydrogen-bond donors (Lipinski definition) is 1.